The second-order valence-corrected chi connectivity index (χ2v) is 9.99. The summed E-state index contributed by atoms with van der Waals surface area (Å²) < 4.78 is 65.7. The largest absolute Gasteiger partial charge is 0.416 e. The summed E-state index contributed by atoms with van der Waals surface area (Å²) in [7, 11) is -3.64. The van der Waals surface area contributed by atoms with Crippen molar-refractivity contribution in [3.05, 3.63) is 70.9 Å². The van der Waals surface area contributed by atoms with E-state index in [-0.39, 0.29) is 18.0 Å². The lowest BCUT2D eigenvalue weighted by molar-refractivity contribution is -0.137. The maximum Gasteiger partial charge on any atom is 0.416 e. The first-order valence-electron chi connectivity index (χ1n) is 10.1. The molecule has 0 bridgehead atoms. The maximum atomic E-state index is 12.9. The van der Waals surface area contributed by atoms with E-state index in [1.807, 2.05) is 4.90 Å². The number of piperazine rings is 1. The van der Waals surface area contributed by atoms with Crippen molar-refractivity contribution in [1.82, 2.24) is 14.3 Å². The number of aryl methyl sites for hydroxylation is 1. The Kier molecular flexibility index (Phi) is 6.35. The van der Waals surface area contributed by atoms with E-state index in [4.69, 9.17) is 11.6 Å². The highest BCUT2D eigenvalue weighted by Crippen LogP contribution is 2.31. The average Bonchev–Trinajstić information content (AvgIpc) is 2.78. The Morgan fingerprint density at radius 3 is 2.09 bits per heavy atom. The molecule has 2 aromatic carbocycles. The fraction of sp³-hybridized carbons (Fsp3) is 0.273. The standard InChI is InChI=1S/C22H20ClF3N4O2S/c1-15-14-20(28-21(27-15)16-2-4-17(5-3-16)22(24,25)26)29-10-12-30(13-11-29)33(31,32)19-8-6-18(23)7-9-19/h2-9,14H,10-13H2,1H3. The molecule has 0 saturated carbocycles. The van der Waals surface area contributed by atoms with Crippen LogP contribution in [0.3, 0.4) is 0 Å². The number of hydrogen-bond donors (Lipinski definition) is 0. The number of sulfonamides is 1. The van der Waals surface area contributed by atoms with Crippen molar-refractivity contribution in [2.24, 2.45) is 0 Å². The Bertz CT molecular complexity index is 1240. The van der Waals surface area contributed by atoms with E-state index in [1.54, 1.807) is 13.0 Å². The summed E-state index contributed by atoms with van der Waals surface area (Å²) in [5.74, 6) is 0.913. The normalized spacial score (nSPS) is 15.6. The van der Waals surface area contributed by atoms with Crippen molar-refractivity contribution in [3.8, 4) is 11.4 Å². The smallest absolute Gasteiger partial charge is 0.354 e. The Hall–Kier alpha value is -2.69. The van der Waals surface area contributed by atoms with Crippen molar-refractivity contribution in [2.45, 2.75) is 18.0 Å². The number of anilines is 1. The first-order valence-corrected chi connectivity index (χ1v) is 11.9. The number of aromatic nitrogens is 2. The summed E-state index contributed by atoms with van der Waals surface area (Å²) in [5.41, 5.74) is 0.389. The minimum atomic E-state index is -4.41. The molecule has 1 fully saturated rings. The summed E-state index contributed by atoms with van der Waals surface area (Å²) in [6.07, 6.45) is -4.41. The van der Waals surface area contributed by atoms with E-state index in [2.05, 4.69) is 9.97 Å². The van der Waals surface area contributed by atoms with Crippen LogP contribution in [0.2, 0.25) is 5.02 Å². The van der Waals surface area contributed by atoms with Crippen LogP contribution in [0.25, 0.3) is 11.4 Å². The quantitative estimate of drug-likeness (QED) is 0.526. The minimum absolute atomic E-state index is 0.183. The van der Waals surface area contributed by atoms with Crippen LogP contribution in [0.4, 0.5) is 19.0 Å². The first kappa shape index (κ1) is 23.5. The minimum Gasteiger partial charge on any atom is -0.354 e. The molecule has 0 amide bonds. The molecule has 2 heterocycles. The van der Waals surface area contributed by atoms with Crippen LogP contribution in [-0.4, -0.2) is 48.9 Å². The molecule has 6 nitrogen and oxygen atoms in total. The molecular weight excluding hydrogens is 477 g/mol. The second-order valence-electron chi connectivity index (χ2n) is 7.61. The van der Waals surface area contributed by atoms with Crippen LogP contribution < -0.4 is 4.90 Å². The van der Waals surface area contributed by atoms with Crippen molar-refractivity contribution >= 4 is 27.4 Å². The molecule has 0 unspecified atom stereocenters. The topological polar surface area (TPSA) is 66.4 Å². The molecule has 1 aromatic heterocycles. The summed E-state index contributed by atoms with van der Waals surface area (Å²) in [5, 5.41) is 0.460. The third kappa shape index (κ3) is 5.13. The van der Waals surface area contributed by atoms with Crippen LogP contribution in [0, 0.1) is 6.92 Å². The zero-order chi connectivity index (χ0) is 23.8. The molecule has 1 aliphatic rings. The van der Waals surface area contributed by atoms with Crippen LogP contribution in [0.5, 0.6) is 0 Å². The molecule has 1 saturated heterocycles. The van der Waals surface area contributed by atoms with Gasteiger partial charge in [-0.05, 0) is 43.3 Å². The summed E-state index contributed by atoms with van der Waals surface area (Å²) >= 11 is 5.85. The highest BCUT2D eigenvalue weighted by atomic mass is 35.5. The molecule has 4 rings (SSSR count). The lowest BCUT2D eigenvalue weighted by atomic mass is 10.1. The lowest BCUT2D eigenvalue weighted by Gasteiger charge is -2.34. The van der Waals surface area contributed by atoms with Gasteiger partial charge in [-0.1, -0.05) is 23.7 Å². The van der Waals surface area contributed by atoms with Gasteiger partial charge in [0.15, 0.2) is 5.82 Å². The van der Waals surface area contributed by atoms with E-state index in [0.717, 1.165) is 12.1 Å². The highest BCUT2D eigenvalue weighted by molar-refractivity contribution is 7.89. The Balaban J connectivity index is 1.51. The Morgan fingerprint density at radius 1 is 0.909 bits per heavy atom. The molecule has 0 aliphatic carbocycles. The van der Waals surface area contributed by atoms with Gasteiger partial charge in [0.05, 0.1) is 10.5 Å². The Morgan fingerprint density at radius 2 is 1.52 bits per heavy atom. The fourth-order valence-electron chi connectivity index (χ4n) is 3.56. The van der Waals surface area contributed by atoms with Gasteiger partial charge in [-0.2, -0.15) is 17.5 Å². The maximum absolute atomic E-state index is 12.9. The molecule has 0 spiro atoms. The Labute approximate surface area is 194 Å². The molecule has 174 valence electrons. The number of alkyl halides is 3. The third-order valence-corrected chi connectivity index (χ3v) is 7.49. The zero-order valence-electron chi connectivity index (χ0n) is 17.6. The fourth-order valence-corrected chi connectivity index (χ4v) is 5.11. The van der Waals surface area contributed by atoms with Crippen molar-refractivity contribution in [2.75, 3.05) is 31.1 Å². The van der Waals surface area contributed by atoms with Crippen LogP contribution in [-0.2, 0) is 16.2 Å². The molecule has 1 aliphatic heterocycles. The van der Waals surface area contributed by atoms with Gasteiger partial charge in [0.1, 0.15) is 5.82 Å². The first-order chi connectivity index (χ1) is 15.5. The van der Waals surface area contributed by atoms with Gasteiger partial charge < -0.3 is 4.90 Å². The molecule has 0 radical (unpaired) electrons. The monoisotopic (exact) mass is 496 g/mol. The number of rotatable bonds is 4. The summed E-state index contributed by atoms with van der Waals surface area (Å²) in [4.78, 5) is 11.0. The number of hydrogen-bond acceptors (Lipinski definition) is 5. The van der Waals surface area contributed by atoms with Gasteiger partial charge in [-0.3, -0.25) is 0 Å². The molecular formula is C22H20ClF3N4O2S. The number of halogens is 4. The predicted molar refractivity (Wildman–Crippen MR) is 120 cm³/mol. The summed E-state index contributed by atoms with van der Waals surface area (Å²) in [6, 6.07) is 12.5. The van der Waals surface area contributed by atoms with E-state index in [0.29, 0.717) is 41.0 Å². The van der Waals surface area contributed by atoms with E-state index in [1.165, 1.54) is 40.7 Å². The van der Waals surface area contributed by atoms with Gasteiger partial charge in [0.2, 0.25) is 10.0 Å². The average molecular weight is 497 g/mol. The number of nitrogens with zero attached hydrogens (tertiary/aromatic N) is 4. The highest BCUT2D eigenvalue weighted by Gasteiger charge is 2.31. The van der Waals surface area contributed by atoms with E-state index < -0.39 is 21.8 Å². The lowest BCUT2D eigenvalue weighted by Crippen LogP contribution is -2.49. The third-order valence-electron chi connectivity index (χ3n) is 5.33. The number of benzene rings is 2. The molecule has 0 atom stereocenters. The second kappa shape index (κ2) is 8.92. The summed E-state index contributed by atoms with van der Waals surface area (Å²) in [6.45, 7) is 3.14. The molecule has 11 heteroatoms. The van der Waals surface area contributed by atoms with Crippen LogP contribution >= 0.6 is 11.6 Å². The van der Waals surface area contributed by atoms with Crippen molar-refractivity contribution in [3.63, 3.8) is 0 Å². The van der Waals surface area contributed by atoms with Crippen LogP contribution in [0.1, 0.15) is 11.3 Å². The van der Waals surface area contributed by atoms with Crippen LogP contribution in [0.15, 0.2) is 59.5 Å². The SMILES string of the molecule is Cc1cc(N2CCN(S(=O)(=O)c3ccc(Cl)cc3)CC2)nc(-c2ccc(C(F)(F)F)cc2)n1. The predicted octanol–water partition coefficient (Wildman–Crippen LogP) is 4.64. The van der Waals surface area contributed by atoms with Gasteiger partial charge >= 0.3 is 6.18 Å². The van der Waals surface area contributed by atoms with Crippen molar-refractivity contribution < 1.29 is 21.6 Å². The van der Waals surface area contributed by atoms with E-state index in [9.17, 15) is 21.6 Å². The molecule has 0 N–H and O–H groups in total. The van der Waals surface area contributed by atoms with Crippen molar-refractivity contribution in [1.29, 1.82) is 0 Å². The van der Waals surface area contributed by atoms with Gasteiger partial charge in [0, 0.05) is 48.5 Å². The van der Waals surface area contributed by atoms with E-state index >= 15 is 0 Å². The molecule has 3 aromatic rings. The van der Waals surface area contributed by atoms with Gasteiger partial charge in [-0.25, -0.2) is 18.4 Å². The van der Waals surface area contributed by atoms with Gasteiger partial charge in [-0.15, -0.1) is 0 Å². The zero-order valence-corrected chi connectivity index (χ0v) is 19.1. The van der Waals surface area contributed by atoms with Gasteiger partial charge in [0.25, 0.3) is 0 Å². The molecule has 33 heavy (non-hydrogen) atoms.